The molecule has 0 amide bonds. The number of carbonyl (C=O) groups excluding carboxylic acids is 1. The van der Waals surface area contributed by atoms with Gasteiger partial charge in [0, 0.05) is 0 Å². The summed E-state index contributed by atoms with van der Waals surface area (Å²) in [6.45, 7) is 2.18. The Morgan fingerprint density at radius 3 is 2.60 bits per heavy atom. The second kappa shape index (κ2) is 3.04. The number of esters is 1. The van der Waals surface area contributed by atoms with E-state index in [-0.39, 0.29) is 11.9 Å². The topological polar surface area (TPSA) is 26.3 Å². The molecule has 1 unspecified atom stereocenters. The molecule has 0 bridgehead atoms. The zero-order valence-corrected chi connectivity index (χ0v) is 6.59. The molecule has 0 aromatic carbocycles. The molecule has 2 heteroatoms. The molecule has 1 saturated carbocycles. The van der Waals surface area contributed by atoms with E-state index in [1.165, 1.54) is 13.5 Å². The van der Waals surface area contributed by atoms with Crippen molar-refractivity contribution in [1.82, 2.24) is 0 Å². The van der Waals surface area contributed by atoms with Gasteiger partial charge in [-0.25, -0.2) is 0 Å². The Kier molecular flexibility index (Phi) is 2.30. The monoisotopic (exact) mass is 142 g/mol. The summed E-state index contributed by atoms with van der Waals surface area (Å²) in [5.74, 6) is 0.883. The Morgan fingerprint density at radius 1 is 1.50 bits per heavy atom. The maximum absolute atomic E-state index is 10.9. The third-order valence-electron chi connectivity index (χ3n) is 2.23. The first-order chi connectivity index (χ1) is 4.74. The standard InChI is InChI=1S/C8H14O2/c1-6-3-4-7(5-6)8(9)10-2/h6-7H,3-5H2,1-2H3/t6?,7-/m1/s1. The van der Waals surface area contributed by atoms with Crippen molar-refractivity contribution < 1.29 is 9.53 Å². The molecule has 0 aromatic heterocycles. The van der Waals surface area contributed by atoms with Crippen molar-refractivity contribution in [2.75, 3.05) is 7.11 Å². The molecule has 0 heterocycles. The third-order valence-corrected chi connectivity index (χ3v) is 2.23. The van der Waals surface area contributed by atoms with Gasteiger partial charge in [-0.2, -0.15) is 0 Å². The Balaban J connectivity index is 2.37. The van der Waals surface area contributed by atoms with Crippen molar-refractivity contribution in [2.45, 2.75) is 26.2 Å². The highest BCUT2D eigenvalue weighted by Crippen LogP contribution is 2.30. The minimum absolute atomic E-state index is 0.0237. The molecule has 0 saturated heterocycles. The van der Waals surface area contributed by atoms with Gasteiger partial charge in [-0.1, -0.05) is 6.92 Å². The average molecular weight is 142 g/mol. The molecule has 1 aliphatic rings. The van der Waals surface area contributed by atoms with Crippen molar-refractivity contribution >= 4 is 5.97 Å². The zero-order chi connectivity index (χ0) is 7.56. The zero-order valence-electron chi connectivity index (χ0n) is 6.59. The minimum atomic E-state index is -0.0237. The van der Waals surface area contributed by atoms with Gasteiger partial charge in [0.2, 0.25) is 0 Å². The van der Waals surface area contributed by atoms with E-state index in [0.717, 1.165) is 12.8 Å². The van der Waals surface area contributed by atoms with Crippen molar-refractivity contribution in [2.24, 2.45) is 11.8 Å². The largest absolute Gasteiger partial charge is 0.469 e. The first-order valence-corrected chi connectivity index (χ1v) is 3.82. The van der Waals surface area contributed by atoms with Gasteiger partial charge in [-0.3, -0.25) is 4.79 Å². The Bertz CT molecular complexity index is 131. The van der Waals surface area contributed by atoms with Crippen LogP contribution in [0.25, 0.3) is 0 Å². The Hall–Kier alpha value is -0.530. The molecule has 0 spiro atoms. The lowest BCUT2D eigenvalue weighted by molar-refractivity contribution is -0.145. The fourth-order valence-corrected chi connectivity index (χ4v) is 1.59. The molecular weight excluding hydrogens is 128 g/mol. The number of methoxy groups -OCH3 is 1. The molecule has 0 aliphatic heterocycles. The molecular formula is C8H14O2. The summed E-state index contributed by atoms with van der Waals surface area (Å²) in [6.07, 6.45) is 3.22. The van der Waals surface area contributed by atoms with E-state index in [1.54, 1.807) is 0 Å². The van der Waals surface area contributed by atoms with Gasteiger partial charge in [0.05, 0.1) is 13.0 Å². The van der Waals surface area contributed by atoms with Crippen LogP contribution in [0, 0.1) is 11.8 Å². The summed E-state index contributed by atoms with van der Waals surface area (Å²) in [7, 11) is 1.46. The summed E-state index contributed by atoms with van der Waals surface area (Å²) in [4.78, 5) is 10.9. The maximum atomic E-state index is 10.9. The lowest BCUT2D eigenvalue weighted by atomic mass is 10.1. The fraction of sp³-hybridized carbons (Fsp3) is 0.875. The summed E-state index contributed by atoms with van der Waals surface area (Å²) in [5, 5.41) is 0. The highest BCUT2D eigenvalue weighted by molar-refractivity contribution is 5.72. The maximum Gasteiger partial charge on any atom is 0.308 e. The van der Waals surface area contributed by atoms with Gasteiger partial charge >= 0.3 is 5.97 Å². The molecule has 0 aromatic rings. The summed E-state index contributed by atoms with van der Waals surface area (Å²) in [5.41, 5.74) is 0. The van der Waals surface area contributed by atoms with Crippen LogP contribution in [0.15, 0.2) is 0 Å². The van der Waals surface area contributed by atoms with Crippen molar-refractivity contribution in [3.05, 3.63) is 0 Å². The third kappa shape index (κ3) is 1.49. The van der Waals surface area contributed by atoms with Crippen LogP contribution in [0.4, 0.5) is 0 Å². The minimum Gasteiger partial charge on any atom is -0.469 e. The van der Waals surface area contributed by atoms with E-state index in [1.807, 2.05) is 0 Å². The Labute approximate surface area is 61.6 Å². The molecule has 2 atom stereocenters. The van der Waals surface area contributed by atoms with Gasteiger partial charge in [-0.05, 0) is 25.2 Å². The molecule has 58 valence electrons. The van der Waals surface area contributed by atoms with Crippen LogP contribution in [0.3, 0.4) is 0 Å². The van der Waals surface area contributed by atoms with Crippen molar-refractivity contribution in [3.63, 3.8) is 0 Å². The van der Waals surface area contributed by atoms with Gasteiger partial charge in [0.1, 0.15) is 0 Å². The normalized spacial score (nSPS) is 32.2. The predicted octanol–water partition coefficient (Wildman–Crippen LogP) is 1.60. The predicted molar refractivity (Wildman–Crippen MR) is 38.5 cm³/mol. The van der Waals surface area contributed by atoms with Crippen molar-refractivity contribution in [3.8, 4) is 0 Å². The van der Waals surface area contributed by atoms with Crippen LogP contribution >= 0.6 is 0 Å². The fourth-order valence-electron chi connectivity index (χ4n) is 1.59. The summed E-state index contributed by atoms with van der Waals surface area (Å²) >= 11 is 0. The van der Waals surface area contributed by atoms with Crippen molar-refractivity contribution in [1.29, 1.82) is 0 Å². The highest BCUT2D eigenvalue weighted by Gasteiger charge is 2.27. The molecule has 1 rings (SSSR count). The van der Waals surface area contributed by atoms with E-state index >= 15 is 0 Å². The second-order valence-electron chi connectivity index (χ2n) is 3.14. The van der Waals surface area contributed by atoms with Crippen LogP contribution in [0.5, 0.6) is 0 Å². The van der Waals surface area contributed by atoms with Gasteiger partial charge < -0.3 is 4.74 Å². The molecule has 10 heavy (non-hydrogen) atoms. The number of hydrogen-bond acceptors (Lipinski definition) is 2. The van der Waals surface area contributed by atoms with Crippen LogP contribution < -0.4 is 0 Å². The number of rotatable bonds is 1. The van der Waals surface area contributed by atoms with E-state index in [0.29, 0.717) is 5.92 Å². The van der Waals surface area contributed by atoms with E-state index in [4.69, 9.17) is 0 Å². The quantitative estimate of drug-likeness (QED) is 0.520. The smallest absolute Gasteiger partial charge is 0.308 e. The molecule has 2 nitrogen and oxygen atoms in total. The van der Waals surface area contributed by atoms with Gasteiger partial charge in [-0.15, -0.1) is 0 Å². The summed E-state index contributed by atoms with van der Waals surface area (Å²) < 4.78 is 4.64. The lowest BCUT2D eigenvalue weighted by Gasteiger charge is -2.04. The molecule has 0 radical (unpaired) electrons. The lowest BCUT2D eigenvalue weighted by Crippen LogP contribution is -2.12. The highest BCUT2D eigenvalue weighted by atomic mass is 16.5. The van der Waals surface area contributed by atoms with Gasteiger partial charge in [0.15, 0.2) is 0 Å². The average Bonchev–Trinajstić information content (AvgIpc) is 2.34. The second-order valence-corrected chi connectivity index (χ2v) is 3.14. The molecule has 1 aliphatic carbocycles. The number of carbonyl (C=O) groups is 1. The molecule has 1 fully saturated rings. The van der Waals surface area contributed by atoms with Crippen LogP contribution in [0.2, 0.25) is 0 Å². The Morgan fingerprint density at radius 2 is 2.20 bits per heavy atom. The number of hydrogen-bond donors (Lipinski definition) is 0. The van der Waals surface area contributed by atoms with Gasteiger partial charge in [0.25, 0.3) is 0 Å². The van der Waals surface area contributed by atoms with Crippen LogP contribution in [-0.4, -0.2) is 13.1 Å². The SMILES string of the molecule is COC(=O)[C@@H]1CCC(C)C1. The van der Waals surface area contributed by atoms with Crippen LogP contribution in [-0.2, 0) is 9.53 Å². The van der Waals surface area contributed by atoms with E-state index in [9.17, 15) is 4.79 Å². The van der Waals surface area contributed by atoms with Crippen LogP contribution in [0.1, 0.15) is 26.2 Å². The van der Waals surface area contributed by atoms with E-state index < -0.39 is 0 Å². The molecule has 0 N–H and O–H groups in total. The first-order valence-electron chi connectivity index (χ1n) is 3.82. The summed E-state index contributed by atoms with van der Waals surface area (Å²) in [6, 6.07) is 0. The van der Waals surface area contributed by atoms with E-state index in [2.05, 4.69) is 11.7 Å². The number of ether oxygens (including phenoxy) is 1. The first kappa shape index (κ1) is 7.58.